The van der Waals surface area contributed by atoms with Crippen molar-refractivity contribution in [3.05, 3.63) is 51.8 Å². The molecule has 2 aromatic heterocycles. The van der Waals surface area contributed by atoms with Gasteiger partial charge < -0.3 is 5.32 Å². The monoisotopic (exact) mass is 414 g/mol. The average Bonchev–Trinajstić information content (AvgIpc) is 3.12. The molecule has 1 unspecified atom stereocenters. The molecule has 152 valence electrons. The third kappa shape index (κ3) is 4.37. The number of halogens is 1. The number of hydrogen-bond donors (Lipinski definition) is 1. The lowest BCUT2D eigenvalue weighted by Crippen LogP contribution is -2.35. The van der Waals surface area contributed by atoms with Gasteiger partial charge in [-0.3, -0.25) is 14.2 Å². The minimum Gasteiger partial charge on any atom is -0.300 e. The van der Waals surface area contributed by atoms with Crippen LogP contribution in [0.15, 0.2) is 35.5 Å². The number of aromatic nitrogens is 3. The van der Waals surface area contributed by atoms with E-state index in [-0.39, 0.29) is 11.3 Å². The summed E-state index contributed by atoms with van der Waals surface area (Å²) in [5.41, 5.74) is 0.0146. The summed E-state index contributed by atoms with van der Waals surface area (Å²) in [6.45, 7) is 1.92. The minimum atomic E-state index is -0.713. The third-order valence-corrected chi connectivity index (χ3v) is 6.34. The minimum absolute atomic E-state index is 0.180. The van der Waals surface area contributed by atoms with E-state index in [0.717, 1.165) is 30.6 Å². The molecule has 0 spiro atoms. The number of nitrogens with one attached hydrogen (secondary N) is 1. The zero-order valence-electron chi connectivity index (χ0n) is 16.2. The highest BCUT2D eigenvalue weighted by Crippen LogP contribution is 2.31. The lowest BCUT2D eigenvalue weighted by atomic mass is 9.84. The molecule has 3 aromatic rings. The number of aryl methyl sites for hydroxylation is 1. The fourth-order valence-electron chi connectivity index (χ4n) is 4.02. The molecule has 8 heteroatoms. The molecular formula is C21H23FN4O2S. The van der Waals surface area contributed by atoms with Crippen molar-refractivity contribution in [1.82, 2.24) is 14.5 Å². The van der Waals surface area contributed by atoms with E-state index in [9.17, 15) is 14.0 Å². The van der Waals surface area contributed by atoms with Crippen molar-refractivity contribution in [1.29, 1.82) is 0 Å². The van der Waals surface area contributed by atoms with Crippen LogP contribution in [0.1, 0.15) is 49.4 Å². The molecule has 1 saturated carbocycles. The number of carbonyl (C=O) groups excluding carboxylic acids is 1. The smallest absolute Gasteiger partial charge is 0.262 e. The van der Waals surface area contributed by atoms with Gasteiger partial charge in [-0.25, -0.2) is 14.4 Å². The second kappa shape index (κ2) is 8.41. The lowest BCUT2D eigenvalue weighted by molar-refractivity contribution is -0.120. The van der Waals surface area contributed by atoms with E-state index in [4.69, 9.17) is 0 Å². The molecule has 2 heterocycles. The predicted octanol–water partition coefficient (Wildman–Crippen LogP) is 4.45. The van der Waals surface area contributed by atoms with Crippen LogP contribution in [0.4, 0.5) is 9.52 Å². The quantitative estimate of drug-likeness (QED) is 0.669. The summed E-state index contributed by atoms with van der Waals surface area (Å²) >= 11 is 1.39. The summed E-state index contributed by atoms with van der Waals surface area (Å²) in [4.78, 5) is 35.7. The highest BCUT2D eigenvalue weighted by Gasteiger charge is 2.28. The zero-order chi connectivity index (χ0) is 20.4. The fraction of sp³-hybridized carbons (Fsp3) is 0.429. The number of thiazole rings is 1. The number of amides is 1. The van der Waals surface area contributed by atoms with Gasteiger partial charge in [0.1, 0.15) is 11.9 Å². The van der Waals surface area contributed by atoms with Gasteiger partial charge in [0.05, 0.1) is 17.2 Å². The topological polar surface area (TPSA) is 76.9 Å². The van der Waals surface area contributed by atoms with E-state index >= 15 is 0 Å². The van der Waals surface area contributed by atoms with Gasteiger partial charge in [-0.2, -0.15) is 0 Å². The van der Waals surface area contributed by atoms with Gasteiger partial charge in [-0.15, -0.1) is 11.3 Å². The Hall–Kier alpha value is -2.61. The fourth-order valence-corrected chi connectivity index (χ4v) is 4.68. The molecule has 29 heavy (non-hydrogen) atoms. The van der Waals surface area contributed by atoms with Gasteiger partial charge in [0, 0.05) is 11.1 Å². The second-order valence-corrected chi connectivity index (χ2v) is 8.87. The summed E-state index contributed by atoms with van der Waals surface area (Å²) in [6.07, 6.45) is 9.24. The molecule has 1 fully saturated rings. The molecule has 1 atom stereocenters. The van der Waals surface area contributed by atoms with Crippen LogP contribution < -0.4 is 10.9 Å². The van der Waals surface area contributed by atoms with Crippen LogP contribution in [0.3, 0.4) is 0 Å². The molecule has 6 nitrogen and oxygen atoms in total. The van der Waals surface area contributed by atoms with E-state index < -0.39 is 17.4 Å². The summed E-state index contributed by atoms with van der Waals surface area (Å²) in [7, 11) is 0. The maximum Gasteiger partial charge on any atom is 0.262 e. The summed E-state index contributed by atoms with van der Waals surface area (Å²) in [5, 5.41) is 3.53. The Balaban J connectivity index is 1.70. The first kappa shape index (κ1) is 19.7. The molecule has 1 amide bonds. The first-order valence-corrected chi connectivity index (χ1v) is 10.7. The number of benzene rings is 1. The van der Waals surface area contributed by atoms with Crippen LogP contribution in [-0.4, -0.2) is 20.4 Å². The standard InChI is InChI=1S/C21H23FN4O2S/c1-13-11-23-21(29-13)25-19(27)18(9-14-5-3-2-4-6-14)26-12-24-17-8-7-15(22)10-16(17)20(26)28/h7-8,10-12,14,18H,2-6,9H2,1H3,(H,23,25,27). The lowest BCUT2D eigenvalue weighted by Gasteiger charge is -2.27. The molecule has 1 aromatic carbocycles. The SMILES string of the molecule is Cc1cnc(NC(=O)C(CC2CCCCC2)n2cnc3ccc(F)cc3c2=O)s1. The number of nitrogens with zero attached hydrogens (tertiary/aromatic N) is 3. The van der Waals surface area contributed by atoms with Crippen LogP contribution in [0.25, 0.3) is 10.9 Å². The van der Waals surface area contributed by atoms with Crippen LogP contribution in [0.2, 0.25) is 0 Å². The van der Waals surface area contributed by atoms with Gasteiger partial charge in [0.15, 0.2) is 5.13 Å². The van der Waals surface area contributed by atoms with E-state index in [0.29, 0.717) is 23.0 Å². The van der Waals surface area contributed by atoms with Crippen molar-refractivity contribution in [2.75, 3.05) is 5.32 Å². The largest absolute Gasteiger partial charge is 0.300 e. The molecule has 1 aliphatic carbocycles. The molecule has 1 aliphatic rings. The third-order valence-electron chi connectivity index (χ3n) is 5.52. The van der Waals surface area contributed by atoms with Crippen LogP contribution in [-0.2, 0) is 4.79 Å². The summed E-state index contributed by atoms with van der Waals surface area (Å²) in [5.74, 6) is -0.419. The summed E-state index contributed by atoms with van der Waals surface area (Å²) < 4.78 is 15.1. The Bertz CT molecular complexity index is 1090. The van der Waals surface area contributed by atoms with Gasteiger partial charge in [0.25, 0.3) is 5.56 Å². The molecule has 0 aliphatic heterocycles. The highest BCUT2D eigenvalue weighted by molar-refractivity contribution is 7.15. The van der Waals surface area contributed by atoms with Crippen molar-refractivity contribution < 1.29 is 9.18 Å². The van der Waals surface area contributed by atoms with Crippen LogP contribution in [0.5, 0.6) is 0 Å². The Morgan fingerprint density at radius 3 is 2.83 bits per heavy atom. The Labute approximate surface area is 171 Å². The summed E-state index contributed by atoms with van der Waals surface area (Å²) in [6, 6.07) is 3.22. The number of rotatable bonds is 5. The zero-order valence-corrected chi connectivity index (χ0v) is 17.0. The average molecular weight is 415 g/mol. The van der Waals surface area contributed by atoms with Gasteiger partial charge in [-0.05, 0) is 37.5 Å². The molecule has 4 rings (SSSR count). The van der Waals surface area contributed by atoms with Crippen molar-refractivity contribution >= 4 is 33.3 Å². The van der Waals surface area contributed by atoms with Gasteiger partial charge >= 0.3 is 0 Å². The first-order valence-electron chi connectivity index (χ1n) is 9.91. The van der Waals surface area contributed by atoms with Crippen molar-refractivity contribution in [2.24, 2.45) is 5.92 Å². The Morgan fingerprint density at radius 2 is 2.10 bits per heavy atom. The number of anilines is 1. The predicted molar refractivity (Wildman–Crippen MR) is 112 cm³/mol. The van der Waals surface area contributed by atoms with E-state index in [1.807, 2.05) is 6.92 Å². The molecular weight excluding hydrogens is 391 g/mol. The maximum absolute atomic E-state index is 13.7. The normalized spacial score (nSPS) is 16.1. The number of carbonyl (C=O) groups is 1. The number of hydrogen-bond acceptors (Lipinski definition) is 5. The molecule has 0 radical (unpaired) electrons. The Morgan fingerprint density at radius 1 is 1.31 bits per heavy atom. The Kier molecular flexibility index (Phi) is 5.71. The molecule has 0 bridgehead atoms. The highest BCUT2D eigenvalue weighted by atomic mass is 32.1. The van der Waals surface area contributed by atoms with Crippen LogP contribution >= 0.6 is 11.3 Å². The van der Waals surface area contributed by atoms with Crippen LogP contribution in [0, 0.1) is 18.7 Å². The van der Waals surface area contributed by atoms with Crippen molar-refractivity contribution in [3.63, 3.8) is 0 Å². The molecule has 0 saturated heterocycles. The molecule has 1 N–H and O–H groups in total. The first-order chi connectivity index (χ1) is 14.0. The van der Waals surface area contributed by atoms with Gasteiger partial charge in [-0.1, -0.05) is 32.1 Å². The van der Waals surface area contributed by atoms with E-state index in [1.54, 1.807) is 6.20 Å². The van der Waals surface area contributed by atoms with E-state index in [2.05, 4.69) is 15.3 Å². The van der Waals surface area contributed by atoms with Crippen molar-refractivity contribution in [2.45, 2.75) is 51.5 Å². The van der Waals surface area contributed by atoms with Crippen molar-refractivity contribution in [3.8, 4) is 0 Å². The number of fused-ring (bicyclic) bond motifs is 1. The second-order valence-electron chi connectivity index (χ2n) is 7.64. The maximum atomic E-state index is 13.7. The van der Waals surface area contributed by atoms with Gasteiger partial charge in [0.2, 0.25) is 5.91 Å². The van der Waals surface area contributed by atoms with E-state index in [1.165, 1.54) is 46.9 Å².